The van der Waals surface area contributed by atoms with Gasteiger partial charge in [-0.05, 0) is 79.4 Å². The maximum Gasteiger partial charge on any atom is 0.268 e. The third-order valence-electron chi connectivity index (χ3n) is 13.5. The van der Waals surface area contributed by atoms with E-state index in [0.29, 0.717) is 23.3 Å². The van der Waals surface area contributed by atoms with Gasteiger partial charge >= 0.3 is 0 Å². The summed E-state index contributed by atoms with van der Waals surface area (Å²) < 4.78 is 13.2. The van der Waals surface area contributed by atoms with Crippen LogP contribution in [0.15, 0.2) is 194 Å². The normalized spacial score (nSPS) is 12.2. The Morgan fingerprint density at radius 1 is 0.565 bits per heavy atom. The first-order chi connectivity index (χ1) is 33.1. The van der Waals surface area contributed by atoms with Crippen LogP contribution < -0.4 is 9.30 Å². The molecule has 6 heteroatoms. The van der Waals surface area contributed by atoms with Crippen molar-refractivity contribution < 1.29 is 30.4 Å². The minimum absolute atomic E-state index is 0. The number of hydrogen-bond donors (Lipinski definition) is 0. The summed E-state index contributed by atoms with van der Waals surface area (Å²) >= 11 is 0. The van der Waals surface area contributed by atoms with E-state index in [0.717, 1.165) is 77.8 Å². The molecule has 3 aromatic heterocycles. The quantitative estimate of drug-likeness (QED) is 0.101. The predicted molar refractivity (Wildman–Crippen MR) is 278 cm³/mol. The molecule has 1 atom stereocenters. The van der Waals surface area contributed by atoms with Crippen LogP contribution in [0.2, 0.25) is 0 Å². The number of aromatic nitrogens is 4. The summed E-state index contributed by atoms with van der Waals surface area (Å²) in [4.78, 5) is 5.21. The van der Waals surface area contributed by atoms with Crippen molar-refractivity contribution in [3.8, 4) is 62.1 Å². The molecule has 0 amide bonds. The molecule has 0 N–H and O–H groups in total. The van der Waals surface area contributed by atoms with Crippen molar-refractivity contribution >= 4 is 32.8 Å². The number of nitrogens with zero attached hydrogens (tertiary/aromatic N) is 4. The van der Waals surface area contributed by atoms with Crippen molar-refractivity contribution in [3.05, 3.63) is 224 Å². The van der Waals surface area contributed by atoms with Crippen molar-refractivity contribution in [2.75, 3.05) is 0 Å². The number of pyridine rings is 1. The second-order valence-corrected chi connectivity index (χ2v) is 19.1. The van der Waals surface area contributed by atoms with Crippen LogP contribution in [0, 0.1) is 24.4 Å². The summed E-state index contributed by atoms with van der Waals surface area (Å²) in [5.74, 6) is 2.73. The predicted octanol–water partition coefficient (Wildman–Crippen LogP) is 15.6. The summed E-state index contributed by atoms with van der Waals surface area (Å²) in [5.41, 5.74) is 15.3. The SMILES string of the molecule is CC(C)C(C)c1cc(-n2c3[c-]c(Oc4[c-]c(-n5[c-][n+](-c6c(-c7ccccc7)cccc6-c6ccccc6)c6ccccc65)ccc4)ccc3c3ccccc32)ncc1-c1ccc(C(C)(C)C)cc1.[Pt]. The van der Waals surface area contributed by atoms with Gasteiger partial charge in [0.15, 0.2) is 0 Å². The van der Waals surface area contributed by atoms with Gasteiger partial charge in [0, 0.05) is 49.8 Å². The third kappa shape index (κ3) is 8.51. The maximum atomic E-state index is 6.72. The van der Waals surface area contributed by atoms with Crippen LogP contribution in [0.5, 0.6) is 11.5 Å². The molecule has 11 rings (SSSR count). The smallest absolute Gasteiger partial charge is 0.268 e. The monoisotopic (exact) mass is 1080 g/mol. The van der Waals surface area contributed by atoms with E-state index in [1.54, 1.807) is 0 Å². The van der Waals surface area contributed by atoms with Crippen LogP contribution in [0.1, 0.15) is 58.6 Å². The van der Waals surface area contributed by atoms with Gasteiger partial charge in [0.1, 0.15) is 5.82 Å². The van der Waals surface area contributed by atoms with Crippen LogP contribution in [-0.2, 0) is 26.5 Å². The van der Waals surface area contributed by atoms with E-state index in [2.05, 4.69) is 250 Å². The van der Waals surface area contributed by atoms with Gasteiger partial charge in [0.25, 0.3) is 6.33 Å². The van der Waals surface area contributed by atoms with E-state index in [9.17, 15) is 0 Å². The van der Waals surface area contributed by atoms with Gasteiger partial charge in [-0.15, -0.1) is 29.7 Å². The standard InChI is InChI=1S/C63H52N4O.Pt/c1-42(2)43(3)55-39-61(64-40-56(55)46-31-33-47(34-32-46)63(4,5)6)67-57-28-14-13-25-53(57)54-36-35-50(38-60(54)67)68-49-24-17-23-48(37-49)65-41-66(59-30-16-15-29-58(59)65)62-51(44-19-9-7-10-20-44)26-18-27-52(62)45-21-11-8-12-22-45;/h7-36,39-40,42-43H,1-6H3;/q-2;. The van der Waals surface area contributed by atoms with Crippen LogP contribution >= 0.6 is 0 Å². The molecule has 5 nitrogen and oxygen atoms in total. The maximum absolute atomic E-state index is 6.72. The molecule has 0 bridgehead atoms. The average molecular weight is 1080 g/mol. The number of benzene rings is 8. The molecule has 342 valence electrons. The molecular weight excluding hydrogens is 1020 g/mol. The summed E-state index contributed by atoms with van der Waals surface area (Å²) in [6.07, 6.45) is 5.83. The Hall–Kier alpha value is -7.33. The van der Waals surface area contributed by atoms with Gasteiger partial charge in [-0.3, -0.25) is 4.57 Å². The number of fused-ring (bicyclic) bond motifs is 4. The fourth-order valence-corrected chi connectivity index (χ4v) is 9.51. The molecule has 69 heavy (non-hydrogen) atoms. The van der Waals surface area contributed by atoms with Gasteiger partial charge in [0.2, 0.25) is 0 Å². The summed E-state index contributed by atoms with van der Waals surface area (Å²) in [6.45, 7) is 13.7. The largest absolute Gasteiger partial charge is 0.510 e. The van der Waals surface area contributed by atoms with E-state index >= 15 is 0 Å². The number of ether oxygens (including phenoxy) is 1. The van der Waals surface area contributed by atoms with Gasteiger partial charge in [0.05, 0.1) is 16.7 Å². The molecule has 0 aliphatic carbocycles. The fourth-order valence-electron chi connectivity index (χ4n) is 9.51. The number of imidazole rings is 1. The van der Waals surface area contributed by atoms with Crippen LogP contribution in [0.3, 0.4) is 0 Å². The molecule has 1 unspecified atom stereocenters. The molecule has 11 aromatic rings. The van der Waals surface area contributed by atoms with Crippen LogP contribution in [0.25, 0.3) is 83.4 Å². The Morgan fingerprint density at radius 2 is 1.17 bits per heavy atom. The Balaban J connectivity index is 0.00000553. The molecule has 0 aliphatic rings. The molecule has 0 spiro atoms. The topological polar surface area (TPSA) is 35.9 Å². The molecular formula is C63H52N4OPt-2. The van der Waals surface area contributed by atoms with Crippen molar-refractivity contribution in [1.29, 1.82) is 0 Å². The third-order valence-corrected chi connectivity index (χ3v) is 13.5. The van der Waals surface area contributed by atoms with E-state index in [4.69, 9.17) is 9.72 Å². The Morgan fingerprint density at radius 3 is 1.86 bits per heavy atom. The summed E-state index contributed by atoms with van der Waals surface area (Å²) in [5, 5.41) is 2.21. The minimum atomic E-state index is 0. The molecule has 0 radical (unpaired) electrons. The zero-order chi connectivity index (χ0) is 46.5. The van der Waals surface area contributed by atoms with Gasteiger partial charge in [-0.1, -0.05) is 193 Å². The van der Waals surface area contributed by atoms with Crippen molar-refractivity contribution in [2.45, 2.75) is 52.9 Å². The second kappa shape index (κ2) is 18.6. The number of hydrogen-bond acceptors (Lipinski definition) is 2. The first-order valence-electron chi connectivity index (χ1n) is 23.6. The van der Waals surface area contributed by atoms with E-state index in [-0.39, 0.29) is 26.5 Å². The second-order valence-electron chi connectivity index (χ2n) is 19.1. The molecule has 0 saturated carbocycles. The molecule has 3 heterocycles. The van der Waals surface area contributed by atoms with Crippen molar-refractivity contribution in [1.82, 2.24) is 14.1 Å². The number of para-hydroxylation sites is 4. The van der Waals surface area contributed by atoms with Crippen LogP contribution in [-0.4, -0.2) is 14.1 Å². The van der Waals surface area contributed by atoms with E-state index < -0.39 is 0 Å². The first kappa shape index (κ1) is 45.5. The molecule has 0 fully saturated rings. The van der Waals surface area contributed by atoms with E-state index in [1.807, 2.05) is 18.2 Å². The Labute approximate surface area is 419 Å². The zero-order valence-corrected chi connectivity index (χ0v) is 41.9. The van der Waals surface area contributed by atoms with Crippen molar-refractivity contribution in [2.24, 2.45) is 5.92 Å². The molecule has 0 aliphatic heterocycles. The zero-order valence-electron chi connectivity index (χ0n) is 39.6. The molecule has 8 aromatic carbocycles. The minimum Gasteiger partial charge on any atom is -0.510 e. The fraction of sp³-hybridized carbons (Fsp3) is 0.143. The van der Waals surface area contributed by atoms with Gasteiger partial charge in [-0.2, -0.15) is 18.2 Å². The summed E-state index contributed by atoms with van der Waals surface area (Å²) in [7, 11) is 0. The van der Waals surface area contributed by atoms with Crippen LogP contribution in [0.4, 0.5) is 0 Å². The number of rotatable bonds is 10. The van der Waals surface area contributed by atoms with Gasteiger partial charge in [-0.25, -0.2) is 4.98 Å². The average Bonchev–Trinajstić information content (AvgIpc) is 3.92. The first-order valence-corrected chi connectivity index (χ1v) is 23.6. The molecule has 0 saturated heterocycles. The Bertz CT molecular complexity index is 3560. The van der Waals surface area contributed by atoms with Crippen molar-refractivity contribution in [3.63, 3.8) is 0 Å². The summed E-state index contributed by atoms with van der Waals surface area (Å²) in [6, 6.07) is 73.4. The van der Waals surface area contributed by atoms with E-state index in [1.165, 1.54) is 16.7 Å². The Kier molecular flexibility index (Phi) is 12.3. The van der Waals surface area contributed by atoms with Gasteiger partial charge < -0.3 is 13.9 Å².